The molecule has 0 bridgehead atoms. The molecule has 1 atom stereocenters. The summed E-state index contributed by atoms with van der Waals surface area (Å²) < 4.78 is 0. The summed E-state index contributed by atoms with van der Waals surface area (Å²) in [4.78, 5) is 5.31. The summed E-state index contributed by atoms with van der Waals surface area (Å²) in [5, 5.41) is 2.11. The Kier molecular flexibility index (Phi) is 1.44. The van der Waals surface area contributed by atoms with Crippen LogP contribution >= 0.6 is 0 Å². The predicted octanol–water partition coefficient (Wildman–Crippen LogP) is 1.34. The molecule has 0 aromatic carbocycles. The molecule has 2 aliphatic rings. The predicted molar refractivity (Wildman–Crippen MR) is 34.3 cm³/mol. The molecule has 2 nitrogen and oxygen atoms in total. The lowest BCUT2D eigenvalue weighted by Crippen LogP contribution is -2.32. The van der Waals surface area contributed by atoms with Crippen LogP contribution in [-0.2, 0) is 4.84 Å². The molecule has 2 fully saturated rings. The van der Waals surface area contributed by atoms with Gasteiger partial charge < -0.3 is 0 Å². The molecule has 1 unspecified atom stereocenters. The largest absolute Gasteiger partial charge is 0.293 e. The Hall–Kier alpha value is -0.0800. The van der Waals surface area contributed by atoms with Crippen LogP contribution in [0.4, 0.5) is 0 Å². The first-order valence-electron chi connectivity index (χ1n) is 3.72. The van der Waals surface area contributed by atoms with Crippen LogP contribution < -0.4 is 0 Å². The Morgan fingerprint density at radius 2 is 2.44 bits per heavy atom. The van der Waals surface area contributed by atoms with E-state index in [9.17, 15) is 0 Å². The number of hydrogen-bond donors (Lipinski definition) is 0. The van der Waals surface area contributed by atoms with E-state index in [4.69, 9.17) is 4.84 Å². The van der Waals surface area contributed by atoms with E-state index in [1.165, 1.54) is 19.3 Å². The van der Waals surface area contributed by atoms with Gasteiger partial charge in [-0.3, -0.25) is 4.84 Å². The van der Waals surface area contributed by atoms with Crippen LogP contribution in [0.15, 0.2) is 0 Å². The van der Waals surface area contributed by atoms with Crippen LogP contribution in [0.3, 0.4) is 0 Å². The zero-order valence-electron chi connectivity index (χ0n) is 5.55. The van der Waals surface area contributed by atoms with Crippen molar-refractivity contribution in [2.24, 2.45) is 0 Å². The first-order valence-corrected chi connectivity index (χ1v) is 3.72. The number of hydroxylamine groups is 2. The van der Waals surface area contributed by atoms with Crippen molar-refractivity contribution in [1.29, 1.82) is 0 Å². The first-order chi connectivity index (χ1) is 4.47. The molecular weight excluding hydrogens is 114 g/mol. The molecule has 2 saturated heterocycles. The molecule has 0 aliphatic carbocycles. The van der Waals surface area contributed by atoms with Crippen LogP contribution in [0.5, 0.6) is 0 Å². The number of hydrogen-bond acceptors (Lipinski definition) is 2. The molecule has 0 saturated carbocycles. The van der Waals surface area contributed by atoms with Crippen LogP contribution in [0.2, 0.25) is 0 Å². The lowest BCUT2D eigenvalue weighted by Gasteiger charge is -2.27. The van der Waals surface area contributed by atoms with Gasteiger partial charge in [-0.1, -0.05) is 0 Å². The Bertz CT molecular complexity index is 93.1. The summed E-state index contributed by atoms with van der Waals surface area (Å²) in [6, 6.07) is 0.745. The molecule has 0 aromatic heterocycles. The van der Waals surface area contributed by atoms with E-state index in [-0.39, 0.29) is 0 Å². The summed E-state index contributed by atoms with van der Waals surface area (Å²) in [7, 11) is 0. The Labute approximate surface area is 55.7 Å². The topological polar surface area (TPSA) is 12.5 Å². The second-order valence-electron chi connectivity index (χ2n) is 2.79. The summed E-state index contributed by atoms with van der Waals surface area (Å²) in [5.41, 5.74) is 0. The minimum Gasteiger partial charge on any atom is -0.293 e. The maximum Gasteiger partial charge on any atom is 0.107 e. The molecule has 0 aromatic rings. The average Bonchev–Trinajstić information content (AvgIpc) is 2.33. The van der Waals surface area contributed by atoms with Gasteiger partial charge in [0.1, 0.15) is 6.61 Å². The molecule has 2 aliphatic heterocycles. The van der Waals surface area contributed by atoms with E-state index in [0.29, 0.717) is 0 Å². The summed E-state index contributed by atoms with van der Waals surface area (Å²) in [6.45, 7) is 3.06. The molecule has 9 heavy (non-hydrogen) atoms. The van der Waals surface area contributed by atoms with E-state index < -0.39 is 0 Å². The van der Waals surface area contributed by atoms with Gasteiger partial charge in [0.05, 0.1) is 0 Å². The third kappa shape index (κ3) is 0.970. The van der Waals surface area contributed by atoms with Gasteiger partial charge in [0.25, 0.3) is 0 Å². The van der Waals surface area contributed by atoms with Gasteiger partial charge in [0.15, 0.2) is 0 Å². The highest BCUT2D eigenvalue weighted by molar-refractivity contribution is 4.78. The standard InChI is InChI=1S/C7H12NO/c1-3-7-4-2-6-9-8(7)5-1/h6-7H,1-5H2. The van der Waals surface area contributed by atoms with Crippen LogP contribution in [-0.4, -0.2) is 17.6 Å². The van der Waals surface area contributed by atoms with Gasteiger partial charge in [-0.05, 0) is 25.7 Å². The molecule has 2 heterocycles. The summed E-state index contributed by atoms with van der Waals surface area (Å²) >= 11 is 0. The average molecular weight is 126 g/mol. The van der Waals surface area contributed by atoms with Crippen LogP contribution in [0, 0.1) is 6.61 Å². The SMILES string of the molecule is [CH]1CCC2CCCN2O1. The fourth-order valence-electron chi connectivity index (χ4n) is 1.65. The smallest absolute Gasteiger partial charge is 0.107 e. The van der Waals surface area contributed by atoms with E-state index in [1.54, 1.807) is 0 Å². The lowest BCUT2D eigenvalue weighted by atomic mass is 10.1. The van der Waals surface area contributed by atoms with Crippen molar-refractivity contribution < 1.29 is 4.84 Å². The fraction of sp³-hybridized carbons (Fsp3) is 0.857. The number of fused-ring (bicyclic) bond motifs is 1. The van der Waals surface area contributed by atoms with Gasteiger partial charge >= 0.3 is 0 Å². The Morgan fingerprint density at radius 1 is 1.44 bits per heavy atom. The van der Waals surface area contributed by atoms with Crippen molar-refractivity contribution >= 4 is 0 Å². The Balaban J connectivity index is 1.97. The quantitative estimate of drug-likeness (QED) is 0.485. The van der Waals surface area contributed by atoms with Crippen LogP contribution in [0.1, 0.15) is 25.7 Å². The van der Waals surface area contributed by atoms with Crippen molar-refractivity contribution in [3.63, 3.8) is 0 Å². The minimum absolute atomic E-state index is 0.745. The first kappa shape index (κ1) is 5.69. The molecule has 0 spiro atoms. The van der Waals surface area contributed by atoms with Gasteiger partial charge in [-0.25, -0.2) is 0 Å². The van der Waals surface area contributed by atoms with E-state index in [2.05, 4.69) is 5.06 Å². The molecular formula is C7H12NO. The minimum atomic E-state index is 0.745. The Morgan fingerprint density at radius 3 is 3.33 bits per heavy atom. The lowest BCUT2D eigenvalue weighted by molar-refractivity contribution is -0.160. The highest BCUT2D eigenvalue weighted by atomic mass is 16.7. The molecule has 1 radical (unpaired) electrons. The van der Waals surface area contributed by atoms with Gasteiger partial charge in [0, 0.05) is 12.6 Å². The number of nitrogens with zero attached hydrogens (tertiary/aromatic N) is 1. The van der Waals surface area contributed by atoms with Crippen molar-refractivity contribution in [1.82, 2.24) is 5.06 Å². The number of rotatable bonds is 0. The molecule has 51 valence electrons. The molecule has 2 heteroatoms. The van der Waals surface area contributed by atoms with Gasteiger partial charge in [-0.15, -0.1) is 0 Å². The van der Waals surface area contributed by atoms with E-state index >= 15 is 0 Å². The fourth-order valence-corrected chi connectivity index (χ4v) is 1.65. The van der Waals surface area contributed by atoms with Crippen LogP contribution in [0.25, 0.3) is 0 Å². The van der Waals surface area contributed by atoms with E-state index in [0.717, 1.165) is 19.0 Å². The highest BCUT2D eigenvalue weighted by Crippen LogP contribution is 2.26. The van der Waals surface area contributed by atoms with Crippen molar-refractivity contribution in [2.45, 2.75) is 31.7 Å². The third-order valence-electron chi connectivity index (χ3n) is 2.15. The van der Waals surface area contributed by atoms with Gasteiger partial charge in [0.2, 0.25) is 0 Å². The van der Waals surface area contributed by atoms with Gasteiger partial charge in [-0.2, -0.15) is 5.06 Å². The summed E-state index contributed by atoms with van der Waals surface area (Å²) in [5.74, 6) is 0. The monoisotopic (exact) mass is 126 g/mol. The summed E-state index contributed by atoms with van der Waals surface area (Å²) in [6.07, 6.45) is 5.10. The normalized spacial score (nSPS) is 36.7. The maximum absolute atomic E-state index is 5.31. The third-order valence-corrected chi connectivity index (χ3v) is 2.15. The molecule has 0 N–H and O–H groups in total. The van der Waals surface area contributed by atoms with Crippen molar-refractivity contribution in [3.05, 3.63) is 6.61 Å². The maximum atomic E-state index is 5.31. The zero-order chi connectivity index (χ0) is 6.10. The highest BCUT2D eigenvalue weighted by Gasteiger charge is 2.27. The second-order valence-corrected chi connectivity index (χ2v) is 2.79. The van der Waals surface area contributed by atoms with Crippen molar-refractivity contribution in [3.8, 4) is 0 Å². The zero-order valence-corrected chi connectivity index (χ0v) is 5.55. The molecule has 0 amide bonds. The second kappa shape index (κ2) is 2.27. The van der Waals surface area contributed by atoms with E-state index in [1.807, 2.05) is 6.61 Å². The molecule has 2 rings (SSSR count). The van der Waals surface area contributed by atoms with Crippen molar-refractivity contribution in [2.75, 3.05) is 6.54 Å².